The van der Waals surface area contributed by atoms with Crippen LogP contribution in [-0.2, 0) is 27.1 Å². The molecule has 0 heterocycles. The third-order valence-corrected chi connectivity index (χ3v) is 13.5. The molecule has 8 rings (SSSR count). The quantitative estimate of drug-likeness (QED) is 0.133. The minimum Gasteiger partial charge on any atom is -0.455 e. The minimum atomic E-state index is -1.23. The summed E-state index contributed by atoms with van der Waals surface area (Å²) >= 11 is 0. The lowest BCUT2D eigenvalue weighted by Crippen LogP contribution is -2.39. The number of aliphatic hydroxyl groups is 2. The molecule has 0 radical (unpaired) electrons. The summed E-state index contributed by atoms with van der Waals surface area (Å²) in [6.45, 7) is 7.60. The van der Waals surface area contributed by atoms with Gasteiger partial charge in [-0.15, -0.1) is 0 Å². The fraction of sp³-hybridized carbons (Fsp3) is 0.571. The average molecular weight is 699 g/mol. The van der Waals surface area contributed by atoms with E-state index in [1.54, 1.807) is 13.8 Å². The van der Waals surface area contributed by atoms with Crippen molar-refractivity contribution in [1.82, 2.24) is 0 Å². The van der Waals surface area contributed by atoms with Gasteiger partial charge in [0.2, 0.25) is 12.6 Å². The molecule has 9 heteroatoms. The number of carbonyl (C=O) groups is 2. The van der Waals surface area contributed by atoms with Gasteiger partial charge in [0.1, 0.15) is 11.5 Å². The largest absolute Gasteiger partial charge is 0.521 e. The lowest BCUT2D eigenvalue weighted by Gasteiger charge is -2.46. The summed E-state index contributed by atoms with van der Waals surface area (Å²) in [5.74, 6) is 2.71. The number of ether oxygens (including phenoxy) is 5. The van der Waals surface area contributed by atoms with Crippen LogP contribution in [0.5, 0.6) is 11.5 Å². The predicted molar refractivity (Wildman–Crippen MR) is 188 cm³/mol. The van der Waals surface area contributed by atoms with Crippen molar-refractivity contribution in [3.05, 3.63) is 82.0 Å². The zero-order chi connectivity index (χ0) is 35.7. The molecule has 2 aromatic carbocycles. The van der Waals surface area contributed by atoms with Crippen molar-refractivity contribution < 1.29 is 43.5 Å². The Morgan fingerprint density at radius 3 is 1.53 bits per heavy atom. The summed E-state index contributed by atoms with van der Waals surface area (Å²) in [6.07, 6.45) is 9.24. The zero-order valence-electron chi connectivity index (χ0n) is 30.1. The number of fused-ring (bicyclic) bond motifs is 10. The van der Waals surface area contributed by atoms with Crippen LogP contribution in [0, 0.1) is 22.7 Å². The second-order valence-corrected chi connectivity index (χ2v) is 16.2. The molecular formula is C42H50O9. The van der Waals surface area contributed by atoms with Gasteiger partial charge in [-0.2, -0.15) is 0 Å². The molecule has 6 aliphatic carbocycles. The lowest BCUT2D eigenvalue weighted by molar-refractivity contribution is -0.0717. The van der Waals surface area contributed by atoms with Crippen LogP contribution in [-0.4, -0.2) is 47.3 Å². The van der Waals surface area contributed by atoms with Crippen LogP contribution < -0.4 is 9.47 Å². The fourth-order valence-corrected chi connectivity index (χ4v) is 10.8. The molecule has 9 nitrogen and oxygen atoms in total. The van der Waals surface area contributed by atoms with E-state index < -0.39 is 24.9 Å². The van der Waals surface area contributed by atoms with Gasteiger partial charge in [-0.3, -0.25) is 0 Å². The zero-order valence-corrected chi connectivity index (χ0v) is 30.1. The number of carbonyl (C=O) groups excluding carboxylic acids is 2. The van der Waals surface area contributed by atoms with Gasteiger partial charge in [-0.25, -0.2) is 9.59 Å². The molecule has 0 spiro atoms. The maximum Gasteiger partial charge on any atom is 0.521 e. The second-order valence-electron chi connectivity index (χ2n) is 16.2. The summed E-state index contributed by atoms with van der Waals surface area (Å²) in [7, 11) is 0. The lowest BCUT2D eigenvalue weighted by atomic mass is 9.59. The summed E-state index contributed by atoms with van der Waals surface area (Å²) in [5.41, 5.74) is 7.88. The Bertz CT molecular complexity index is 1650. The Morgan fingerprint density at radius 2 is 1.10 bits per heavy atom. The summed E-state index contributed by atoms with van der Waals surface area (Å²) in [6, 6.07) is 11.9. The van der Waals surface area contributed by atoms with E-state index in [0.717, 1.165) is 64.2 Å². The third kappa shape index (κ3) is 6.04. The van der Waals surface area contributed by atoms with Crippen LogP contribution in [0.3, 0.4) is 0 Å². The van der Waals surface area contributed by atoms with Crippen molar-refractivity contribution in [3.8, 4) is 11.5 Å². The molecule has 0 aliphatic heterocycles. The third-order valence-electron chi connectivity index (χ3n) is 13.5. The standard InChI is InChI=1S/C42H50O9/c1-23(47-27-7-11-29-25(21-27)5-9-33-31(29)17-19-41(3)35(33)13-15-37(41)43)49-39(45)51-40(46)50-24(2)48-28-8-12-30-26(22-28)6-10-34-32(30)18-20-42(4)36(34)14-16-38(42)44/h7-12,21-24,31-32,35-38,43-44H,5-6,13-20H2,1-4H3/t23?,24?,31?,32?,35?,36?,37-,38+,41-,42-/m0/s1. The van der Waals surface area contributed by atoms with Gasteiger partial charge in [0.05, 0.1) is 12.2 Å². The molecule has 51 heavy (non-hydrogen) atoms. The Labute approximate surface area is 300 Å². The molecule has 4 saturated carbocycles. The number of rotatable bonds is 6. The van der Waals surface area contributed by atoms with E-state index in [0.29, 0.717) is 35.2 Å². The highest BCUT2D eigenvalue weighted by Gasteiger charge is 2.53. The highest BCUT2D eigenvalue weighted by molar-refractivity contribution is 5.77. The average Bonchev–Trinajstić information content (AvgIpc) is 3.57. The Kier molecular flexibility index (Phi) is 8.73. The first-order chi connectivity index (χ1) is 24.4. The van der Waals surface area contributed by atoms with Crippen LogP contribution in [0.2, 0.25) is 0 Å². The molecule has 2 N–H and O–H groups in total. The van der Waals surface area contributed by atoms with Crippen molar-refractivity contribution in [2.75, 3.05) is 0 Å². The first kappa shape index (κ1) is 34.3. The van der Waals surface area contributed by atoms with E-state index in [9.17, 15) is 19.8 Å². The summed E-state index contributed by atoms with van der Waals surface area (Å²) in [4.78, 5) is 24.8. The molecule has 6 unspecified atom stereocenters. The molecule has 0 aromatic heterocycles. The molecule has 6 aliphatic rings. The van der Waals surface area contributed by atoms with Gasteiger partial charge in [0.15, 0.2) is 0 Å². The van der Waals surface area contributed by atoms with Crippen molar-refractivity contribution in [3.63, 3.8) is 0 Å². The van der Waals surface area contributed by atoms with E-state index in [1.807, 2.05) is 24.3 Å². The first-order valence-corrected chi connectivity index (χ1v) is 18.9. The SMILES string of the molecule is CC(OC(=O)OC(=O)OC(C)Oc1ccc2c(c1)CC=C1C2CC[C@@]2(C)C1CC[C@@H]2O)Oc1ccc2c(c1)CC=C1C2CC[C@@]2(C)C1CC[C@H]2O. The molecule has 0 bridgehead atoms. The molecule has 0 amide bonds. The highest BCUT2D eigenvalue weighted by Crippen LogP contribution is 2.60. The van der Waals surface area contributed by atoms with Gasteiger partial charge >= 0.3 is 12.3 Å². The monoisotopic (exact) mass is 698 g/mol. The number of allylic oxidation sites excluding steroid dienone is 4. The topological polar surface area (TPSA) is 121 Å². The molecule has 10 atom stereocenters. The maximum atomic E-state index is 12.4. The fourth-order valence-electron chi connectivity index (χ4n) is 10.8. The molecule has 4 fully saturated rings. The first-order valence-electron chi connectivity index (χ1n) is 18.9. The van der Waals surface area contributed by atoms with Crippen LogP contribution >= 0.6 is 0 Å². The van der Waals surface area contributed by atoms with Gasteiger partial charge in [-0.05, 0) is 123 Å². The van der Waals surface area contributed by atoms with Crippen LogP contribution in [0.25, 0.3) is 0 Å². The number of aliphatic hydroxyl groups excluding tert-OH is 2. The molecule has 2 aromatic rings. The normalized spacial score (nSPS) is 34.1. The van der Waals surface area contributed by atoms with Crippen molar-refractivity contribution in [2.24, 2.45) is 22.7 Å². The van der Waals surface area contributed by atoms with Crippen LogP contribution in [0.1, 0.15) is 113 Å². The Balaban J connectivity index is 0.809. The molecule has 272 valence electrons. The van der Waals surface area contributed by atoms with E-state index in [-0.39, 0.29) is 23.0 Å². The summed E-state index contributed by atoms with van der Waals surface area (Å²) < 4.78 is 26.8. The van der Waals surface area contributed by atoms with Crippen molar-refractivity contribution >= 4 is 12.3 Å². The van der Waals surface area contributed by atoms with E-state index >= 15 is 0 Å². The van der Waals surface area contributed by atoms with Gasteiger partial charge in [-0.1, -0.05) is 49.3 Å². The van der Waals surface area contributed by atoms with Crippen LogP contribution in [0.4, 0.5) is 9.59 Å². The van der Waals surface area contributed by atoms with Crippen molar-refractivity contribution in [1.29, 1.82) is 0 Å². The van der Waals surface area contributed by atoms with E-state index in [4.69, 9.17) is 23.7 Å². The number of hydrogen-bond acceptors (Lipinski definition) is 9. The second kappa shape index (κ2) is 13.0. The summed E-state index contributed by atoms with van der Waals surface area (Å²) in [5, 5.41) is 21.3. The Morgan fingerprint density at radius 1 is 0.667 bits per heavy atom. The Hall–Kier alpha value is -3.82. The van der Waals surface area contributed by atoms with E-state index in [1.165, 1.54) is 33.4 Å². The maximum absolute atomic E-state index is 12.4. The van der Waals surface area contributed by atoms with Crippen molar-refractivity contribution in [2.45, 2.75) is 129 Å². The van der Waals surface area contributed by atoms with Gasteiger partial charge in [0, 0.05) is 36.5 Å². The minimum absolute atomic E-state index is 0.0213. The van der Waals surface area contributed by atoms with Gasteiger partial charge < -0.3 is 33.9 Å². The smallest absolute Gasteiger partial charge is 0.455 e. The highest BCUT2D eigenvalue weighted by atomic mass is 16.9. The van der Waals surface area contributed by atoms with Crippen LogP contribution in [0.15, 0.2) is 59.7 Å². The number of benzene rings is 2. The predicted octanol–water partition coefficient (Wildman–Crippen LogP) is 8.40. The number of hydrogen-bond donors (Lipinski definition) is 2. The van der Waals surface area contributed by atoms with Gasteiger partial charge in [0.25, 0.3) is 0 Å². The van der Waals surface area contributed by atoms with E-state index in [2.05, 4.69) is 38.1 Å². The molecular weight excluding hydrogens is 648 g/mol. The molecule has 0 saturated heterocycles.